The maximum absolute atomic E-state index is 11.5. The van der Waals surface area contributed by atoms with Gasteiger partial charge in [0.25, 0.3) is 0 Å². The molecule has 0 bridgehead atoms. The summed E-state index contributed by atoms with van der Waals surface area (Å²) < 4.78 is 23.0. The fraction of sp³-hybridized carbons (Fsp3) is 0.0909. The third kappa shape index (κ3) is 1.94. The van der Waals surface area contributed by atoms with E-state index in [1.165, 1.54) is 6.26 Å². The van der Waals surface area contributed by atoms with Crippen LogP contribution in [0.3, 0.4) is 0 Å². The van der Waals surface area contributed by atoms with Crippen LogP contribution in [0.2, 0.25) is 0 Å². The Bertz CT molecular complexity index is 597. The van der Waals surface area contributed by atoms with Gasteiger partial charge in [0.05, 0.1) is 10.6 Å². The summed E-state index contributed by atoms with van der Waals surface area (Å²) in [6, 6.07) is 8.61. The van der Waals surface area contributed by atoms with Gasteiger partial charge in [0.1, 0.15) is 0 Å². The number of nitrogens with one attached hydrogen (secondary N) is 1. The molecule has 0 saturated heterocycles. The number of sulfone groups is 1. The molecular weight excluding hydrogens is 224 g/mol. The van der Waals surface area contributed by atoms with Crippen molar-refractivity contribution in [3.63, 3.8) is 0 Å². The molecule has 0 aliphatic rings. The monoisotopic (exact) mass is 236 g/mol. The van der Waals surface area contributed by atoms with Crippen LogP contribution in [0.5, 0.6) is 0 Å². The fourth-order valence-electron chi connectivity index (χ4n) is 1.54. The number of nitrogen functional groups attached to an aromatic ring is 1. The Balaban J connectivity index is 2.58. The molecule has 0 amide bonds. The zero-order valence-corrected chi connectivity index (χ0v) is 9.58. The Labute approximate surface area is 94.0 Å². The van der Waals surface area contributed by atoms with Crippen LogP contribution in [0.4, 0.5) is 5.69 Å². The zero-order valence-electron chi connectivity index (χ0n) is 8.77. The van der Waals surface area contributed by atoms with E-state index in [9.17, 15) is 8.42 Å². The summed E-state index contributed by atoms with van der Waals surface area (Å²) >= 11 is 0. The van der Waals surface area contributed by atoms with Crippen LogP contribution in [0, 0.1) is 0 Å². The highest BCUT2D eigenvalue weighted by Crippen LogP contribution is 2.26. The van der Waals surface area contributed by atoms with Crippen molar-refractivity contribution in [2.45, 2.75) is 4.90 Å². The molecule has 5 heteroatoms. The Morgan fingerprint density at radius 1 is 1.12 bits per heavy atom. The molecule has 0 radical (unpaired) electrons. The van der Waals surface area contributed by atoms with Crippen LogP contribution in [-0.2, 0) is 9.84 Å². The smallest absolute Gasteiger partial charge is 0.177 e. The minimum Gasteiger partial charge on any atom is -0.399 e. The van der Waals surface area contributed by atoms with E-state index in [1.807, 2.05) is 0 Å². The van der Waals surface area contributed by atoms with Gasteiger partial charge in [-0.2, -0.15) is 0 Å². The largest absolute Gasteiger partial charge is 0.399 e. The Morgan fingerprint density at radius 2 is 1.75 bits per heavy atom. The first-order chi connectivity index (χ1) is 7.48. The van der Waals surface area contributed by atoms with Gasteiger partial charge in [-0.1, -0.05) is 12.1 Å². The van der Waals surface area contributed by atoms with Gasteiger partial charge in [0.15, 0.2) is 9.84 Å². The summed E-state index contributed by atoms with van der Waals surface area (Å²) in [6.07, 6.45) is 2.80. The topological polar surface area (TPSA) is 76.0 Å². The second-order valence-electron chi connectivity index (χ2n) is 3.61. The Hall–Kier alpha value is -1.75. The lowest BCUT2D eigenvalue weighted by Gasteiger charge is -2.03. The molecule has 1 aromatic carbocycles. The first kappa shape index (κ1) is 10.8. The molecule has 2 rings (SSSR count). The van der Waals surface area contributed by atoms with Crippen molar-refractivity contribution in [3.05, 3.63) is 36.5 Å². The summed E-state index contributed by atoms with van der Waals surface area (Å²) in [6.45, 7) is 0. The molecule has 2 aromatic rings. The summed E-state index contributed by atoms with van der Waals surface area (Å²) in [4.78, 5) is 3.23. The molecule has 0 aliphatic carbocycles. The number of H-pyrrole nitrogens is 1. The predicted molar refractivity (Wildman–Crippen MR) is 63.8 cm³/mol. The van der Waals surface area contributed by atoms with Gasteiger partial charge in [-0.15, -0.1) is 0 Å². The maximum Gasteiger partial charge on any atom is 0.177 e. The molecule has 0 saturated carbocycles. The van der Waals surface area contributed by atoms with Crippen LogP contribution in [0.25, 0.3) is 11.3 Å². The van der Waals surface area contributed by atoms with Gasteiger partial charge >= 0.3 is 0 Å². The predicted octanol–water partition coefficient (Wildman–Crippen LogP) is 1.67. The van der Waals surface area contributed by atoms with E-state index in [4.69, 9.17) is 5.73 Å². The normalized spacial score (nSPS) is 11.6. The quantitative estimate of drug-likeness (QED) is 0.779. The average molecular weight is 236 g/mol. The number of anilines is 1. The van der Waals surface area contributed by atoms with Gasteiger partial charge in [-0.05, 0) is 23.8 Å². The van der Waals surface area contributed by atoms with Crippen LogP contribution in [-0.4, -0.2) is 19.7 Å². The first-order valence-electron chi connectivity index (χ1n) is 4.72. The highest BCUT2D eigenvalue weighted by atomic mass is 32.2. The lowest BCUT2D eigenvalue weighted by atomic mass is 10.1. The highest BCUT2D eigenvalue weighted by molar-refractivity contribution is 7.90. The molecular formula is C11H12N2O2S. The minimum absolute atomic E-state index is 0.303. The molecule has 84 valence electrons. The second-order valence-corrected chi connectivity index (χ2v) is 5.60. The molecule has 0 unspecified atom stereocenters. The fourth-order valence-corrected chi connectivity index (χ4v) is 2.40. The third-order valence-electron chi connectivity index (χ3n) is 2.31. The van der Waals surface area contributed by atoms with E-state index >= 15 is 0 Å². The van der Waals surface area contributed by atoms with Gasteiger partial charge < -0.3 is 10.7 Å². The molecule has 1 aromatic heterocycles. The Morgan fingerprint density at radius 3 is 2.31 bits per heavy atom. The van der Waals surface area contributed by atoms with Gasteiger partial charge in [0.2, 0.25) is 0 Å². The summed E-state index contributed by atoms with van der Waals surface area (Å²) in [5, 5.41) is 0. The first-order valence-corrected chi connectivity index (χ1v) is 6.61. The third-order valence-corrected chi connectivity index (χ3v) is 3.45. The minimum atomic E-state index is -3.21. The van der Waals surface area contributed by atoms with E-state index in [-0.39, 0.29) is 0 Å². The molecule has 0 spiro atoms. The van der Waals surface area contributed by atoms with Crippen molar-refractivity contribution >= 4 is 15.5 Å². The van der Waals surface area contributed by atoms with Gasteiger partial charge in [0, 0.05) is 18.1 Å². The van der Waals surface area contributed by atoms with E-state index in [2.05, 4.69) is 4.98 Å². The lowest BCUT2D eigenvalue weighted by Crippen LogP contribution is -1.97. The summed E-state index contributed by atoms with van der Waals surface area (Å²) in [5.41, 5.74) is 7.63. The van der Waals surface area contributed by atoms with Gasteiger partial charge in [-0.25, -0.2) is 8.42 Å². The summed E-state index contributed by atoms with van der Waals surface area (Å²) in [5.74, 6) is 0. The molecule has 0 fully saturated rings. The highest BCUT2D eigenvalue weighted by Gasteiger charge is 2.15. The molecule has 0 aliphatic heterocycles. The van der Waals surface area contributed by atoms with Gasteiger partial charge in [-0.3, -0.25) is 0 Å². The van der Waals surface area contributed by atoms with Crippen LogP contribution in [0.1, 0.15) is 0 Å². The van der Waals surface area contributed by atoms with Crippen LogP contribution < -0.4 is 5.73 Å². The standard InChI is InChI=1S/C11H12N2O2S/c1-16(14,15)10-6-7-13-11(10)8-2-4-9(12)5-3-8/h2-7,13H,12H2,1H3. The maximum atomic E-state index is 11.5. The van der Waals surface area contributed by atoms with Crippen LogP contribution in [0.15, 0.2) is 41.4 Å². The van der Waals surface area contributed by atoms with Crippen molar-refractivity contribution < 1.29 is 8.42 Å². The van der Waals surface area contributed by atoms with Crippen molar-refractivity contribution in [1.82, 2.24) is 4.98 Å². The van der Waals surface area contributed by atoms with Crippen molar-refractivity contribution in [3.8, 4) is 11.3 Å². The van der Waals surface area contributed by atoms with E-state index < -0.39 is 9.84 Å². The van der Waals surface area contributed by atoms with E-state index in [0.717, 1.165) is 5.56 Å². The number of rotatable bonds is 2. The SMILES string of the molecule is CS(=O)(=O)c1cc[nH]c1-c1ccc(N)cc1. The second kappa shape index (κ2) is 3.68. The molecule has 0 atom stereocenters. The molecule has 16 heavy (non-hydrogen) atoms. The van der Waals surface area contributed by atoms with E-state index in [0.29, 0.717) is 16.3 Å². The summed E-state index contributed by atoms with van der Waals surface area (Å²) in [7, 11) is -3.21. The number of aromatic nitrogens is 1. The molecule has 4 nitrogen and oxygen atoms in total. The van der Waals surface area contributed by atoms with E-state index in [1.54, 1.807) is 36.5 Å². The van der Waals surface area contributed by atoms with Crippen LogP contribution >= 0.6 is 0 Å². The zero-order chi connectivity index (χ0) is 11.8. The number of hydrogen-bond acceptors (Lipinski definition) is 3. The average Bonchev–Trinajstić information content (AvgIpc) is 2.66. The van der Waals surface area contributed by atoms with Crippen molar-refractivity contribution in [1.29, 1.82) is 0 Å². The van der Waals surface area contributed by atoms with Crippen molar-refractivity contribution in [2.75, 3.05) is 12.0 Å². The molecule has 3 N–H and O–H groups in total. The number of nitrogens with two attached hydrogens (primary N) is 1. The van der Waals surface area contributed by atoms with Crippen molar-refractivity contribution in [2.24, 2.45) is 0 Å². The Kier molecular flexibility index (Phi) is 2.47. The molecule has 1 heterocycles. The number of hydrogen-bond donors (Lipinski definition) is 2. The lowest BCUT2D eigenvalue weighted by molar-refractivity contribution is 0.602. The number of benzene rings is 1. The number of aromatic amines is 1.